The van der Waals surface area contributed by atoms with Crippen LogP contribution in [0, 0.1) is 20.8 Å². The zero-order chi connectivity index (χ0) is 15.8. The molecule has 1 heterocycles. The van der Waals surface area contributed by atoms with Gasteiger partial charge in [-0.05, 0) is 38.0 Å². The van der Waals surface area contributed by atoms with Crippen LogP contribution in [0.15, 0.2) is 29.3 Å². The number of benzene rings is 1. The molecule has 0 saturated heterocycles. The molecule has 6 heteroatoms. The van der Waals surface area contributed by atoms with Gasteiger partial charge in [0.1, 0.15) is 0 Å². The third-order valence-electron chi connectivity index (χ3n) is 3.76. The van der Waals surface area contributed by atoms with E-state index in [-0.39, 0.29) is 0 Å². The highest BCUT2D eigenvalue weighted by atomic mass is 32.2. The molecule has 0 radical (unpaired) electrons. The Morgan fingerprint density at radius 2 is 1.90 bits per heavy atom. The number of aromatic nitrogens is 2. The fraction of sp³-hybridized carbons (Fsp3) is 0.400. The van der Waals surface area contributed by atoms with Gasteiger partial charge in [0.25, 0.3) is 0 Å². The van der Waals surface area contributed by atoms with Crippen LogP contribution in [0.25, 0.3) is 0 Å². The molecule has 114 valence electrons. The number of hydrogen-bond acceptors (Lipinski definition) is 3. The van der Waals surface area contributed by atoms with Crippen molar-refractivity contribution in [2.45, 2.75) is 32.2 Å². The third kappa shape index (κ3) is 3.01. The lowest BCUT2D eigenvalue weighted by atomic mass is 10.2. The van der Waals surface area contributed by atoms with Crippen LogP contribution in [0.2, 0.25) is 0 Å². The predicted octanol–water partition coefficient (Wildman–Crippen LogP) is 2.17. The summed E-state index contributed by atoms with van der Waals surface area (Å²) in [4.78, 5) is 0.367. The standard InChI is InChI=1S/C15H21N3O2S/c1-11-6-7-12(2)15(8-11)21(19,20)17(4)10-14-9-16-18(5)13(14)3/h6-9H,10H2,1-5H3. The second-order valence-corrected chi connectivity index (χ2v) is 7.42. The van der Waals surface area contributed by atoms with Crippen LogP contribution in [-0.4, -0.2) is 29.6 Å². The van der Waals surface area contributed by atoms with Gasteiger partial charge in [0, 0.05) is 31.9 Å². The van der Waals surface area contributed by atoms with E-state index in [2.05, 4.69) is 5.10 Å². The molecule has 2 aromatic rings. The Labute approximate surface area is 126 Å². The highest BCUT2D eigenvalue weighted by Crippen LogP contribution is 2.22. The molecule has 0 aliphatic rings. The Kier molecular flexibility index (Phi) is 4.20. The zero-order valence-electron chi connectivity index (χ0n) is 13.1. The van der Waals surface area contributed by atoms with E-state index < -0.39 is 10.0 Å². The molecule has 1 aromatic carbocycles. The molecule has 0 unspecified atom stereocenters. The van der Waals surface area contributed by atoms with Crippen LogP contribution in [0.5, 0.6) is 0 Å². The van der Waals surface area contributed by atoms with E-state index in [0.29, 0.717) is 11.4 Å². The van der Waals surface area contributed by atoms with Crippen molar-refractivity contribution in [2.75, 3.05) is 7.05 Å². The minimum absolute atomic E-state index is 0.315. The summed E-state index contributed by atoms with van der Waals surface area (Å²) in [6.45, 7) is 5.95. The lowest BCUT2D eigenvalue weighted by Gasteiger charge is -2.18. The average molecular weight is 307 g/mol. The first-order valence-electron chi connectivity index (χ1n) is 6.74. The SMILES string of the molecule is Cc1ccc(C)c(S(=O)(=O)N(C)Cc2cnn(C)c2C)c1. The van der Waals surface area contributed by atoms with Gasteiger partial charge in [-0.25, -0.2) is 8.42 Å². The highest BCUT2D eigenvalue weighted by Gasteiger charge is 2.24. The summed E-state index contributed by atoms with van der Waals surface area (Å²) in [7, 11) is -0.0555. The first-order valence-corrected chi connectivity index (χ1v) is 8.18. The van der Waals surface area contributed by atoms with Gasteiger partial charge < -0.3 is 0 Å². The quantitative estimate of drug-likeness (QED) is 0.870. The molecule has 5 nitrogen and oxygen atoms in total. The largest absolute Gasteiger partial charge is 0.273 e. The lowest BCUT2D eigenvalue weighted by molar-refractivity contribution is 0.465. The summed E-state index contributed by atoms with van der Waals surface area (Å²) in [5.74, 6) is 0. The third-order valence-corrected chi connectivity index (χ3v) is 5.71. The second-order valence-electron chi connectivity index (χ2n) is 5.41. The van der Waals surface area contributed by atoms with Gasteiger partial charge in [-0.3, -0.25) is 4.68 Å². The Hall–Kier alpha value is -1.66. The molecule has 0 saturated carbocycles. The molecular weight excluding hydrogens is 286 g/mol. The maximum atomic E-state index is 12.7. The van der Waals surface area contributed by atoms with Crippen molar-refractivity contribution in [3.63, 3.8) is 0 Å². The van der Waals surface area contributed by atoms with Crippen molar-refractivity contribution in [1.82, 2.24) is 14.1 Å². The molecule has 21 heavy (non-hydrogen) atoms. The maximum absolute atomic E-state index is 12.7. The van der Waals surface area contributed by atoms with Gasteiger partial charge in [0.2, 0.25) is 10.0 Å². The van der Waals surface area contributed by atoms with Gasteiger partial charge in [-0.2, -0.15) is 9.40 Å². The molecule has 0 fully saturated rings. The zero-order valence-corrected chi connectivity index (χ0v) is 13.9. The van der Waals surface area contributed by atoms with Crippen LogP contribution < -0.4 is 0 Å². The number of aryl methyl sites for hydroxylation is 3. The van der Waals surface area contributed by atoms with Crippen molar-refractivity contribution < 1.29 is 8.42 Å². The van der Waals surface area contributed by atoms with Crippen LogP contribution in [0.3, 0.4) is 0 Å². The molecule has 0 amide bonds. The van der Waals surface area contributed by atoms with E-state index in [4.69, 9.17) is 0 Å². The van der Waals surface area contributed by atoms with Gasteiger partial charge >= 0.3 is 0 Å². The minimum atomic E-state index is -3.50. The monoisotopic (exact) mass is 307 g/mol. The Bertz CT molecular complexity index is 763. The normalized spacial score (nSPS) is 12.1. The first kappa shape index (κ1) is 15.7. The Balaban J connectivity index is 2.35. The molecule has 1 aromatic heterocycles. The van der Waals surface area contributed by atoms with Crippen LogP contribution >= 0.6 is 0 Å². The van der Waals surface area contributed by atoms with E-state index >= 15 is 0 Å². The molecule has 0 spiro atoms. The molecule has 0 atom stereocenters. The van der Waals surface area contributed by atoms with Crippen LogP contribution in [0.1, 0.15) is 22.4 Å². The van der Waals surface area contributed by atoms with Crippen LogP contribution in [-0.2, 0) is 23.6 Å². The summed E-state index contributed by atoms with van der Waals surface area (Å²) in [5, 5.41) is 4.15. The number of sulfonamides is 1. The molecule has 0 aliphatic carbocycles. The van der Waals surface area contributed by atoms with Crippen molar-refractivity contribution in [3.8, 4) is 0 Å². The number of hydrogen-bond donors (Lipinski definition) is 0. The highest BCUT2D eigenvalue weighted by molar-refractivity contribution is 7.89. The molecule has 0 N–H and O–H groups in total. The van der Waals surface area contributed by atoms with Crippen molar-refractivity contribution in [3.05, 3.63) is 46.8 Å². The molecular formula is C15H21N3O2S. The van der Waals surface area contributed by atoms with Gasteiger partial charge in [-0.15, -0.1) is 0 Å². The van der Waals surface area contributed by atoms with Crippen molar-refractivity contribution >= 4 is 10.0 Å². The summed E-state index contributed by atoms with van der Waals surface area (Å²) < 4.78 is 28.6. The molecule has 0 aliphatic heterocycles. The molecule has 2 rings (SSSR count). The average Bonchev–Trinajstić information content (AvgIpc) is 2.73. The van der Waals surface area contributed by atoms with Gasteiger partial charge in [0.15, 0.2) is 0 Å². The van der Waals surface area contributed by atoms with Crippen molar-refractivity contribution in [2.24, 2.45) is 7.05 Å². The fourth-order valence-corrected chi connectivity index (χ4v) is 3.63. The van der Waals surface area contributed by atoms with E-state index in [1.165, 1.54) is 4.31 Å². The fourth-order valence-electron chi connectivity index (χ4n) is 2.18. The van der Waals surface area contributed by atoms with Crippen LogP contribution in [0.4, 0.5) is 0 Å². The summed E-state index contributed by atoms with van der Waals surface area (Å²) in [5.41, 5.74) is 3.58. The lowest BCUT2D eigenvalue weighted by Crippen LogP contribution is -2.27. The summed E-state index contributed by atoms with van der Waals surface area (Å²) in [6, 6.07) is 5.47. The van der Waals surface area contributed by atoms with E-state index in [9.17, 15) is 8.42 Å². The van der Waals surface area contributed by atoms with Crippen molar-refractivity contribution in [1.29, 1.82) is 0 Å². The predicted molar refractivity (Wildman–Crippen MR) is 82.5 cm³/mol. The number of rotatable bonds is 4. The Morgan fingerprint density at radius 3 is 2.48 bits per heavy atom. The molecule has 0 bridgehead atoms. The van der Waals surface area contributed by atoms with Gasteiger partial charge in [0.05, 0.1) is 11.1 Å². The topological polar surface area (TPSA) is 55.2 Å². The smallest absolute Gasteiger partial charge is 0.243 e. The van der Waals surface area contributed by atoms with E-state index in [1.54, 1.807) is 24.0 Å². The number of nitrogens with zero attached hydrogens (tertiary/aromatic N) is 3. The summed E-state index contributed by atoms with van der Waals surface area (Å²) in [6.07, 6.45) is 1.71. The second kappa shape index (κ2) is 5.61. The maximum Gasteiger partial charge on any atom is 0.243 e. The Morgan fingerprint density at radius 1 is 1.24 bits per heavy atom. The van der Waals surface area contributed by atoms with E-state index in [0.717, 1.165) is 22.4 Å². The van der Waals surface area contributed by atoms with Gasteiger partial charge in [-0.1, -0.05) is 12.1 Å². The van der Waals surface area contributed by atoms with E-state index in [1.807, 2.05) is 40.0 Å². The summed E-state index contributed by atoms with van der Waals surface area (Å²) >= 11 is 0. The minimum Gasteiger partial charge on any atom is -0.273 e. The first-order chi connectivity index (χ1) is 9.73.